The molecule has 0 saturated heterocycles. The van der Waals surface area contributed by atoms with Crippen molar-refractivity contribution in [2.75, 3.05) is 0 Å². The van der Waals surface area contributed by atoms with Gasteiger partial charge in [0.25, 0.3) is 0 Å². The Hall–Kier alpha value is 0.423. The number of halogens is 2. The number of rotatable bonds is 0. The van der Waals surface area contributed by atoms with E-state index in [0.29, 0.717) is 0 Å². The summed E-state index contributed by atoms with van der Waals surface area (Å²) >= 11 is -0.426. The van der Waals surface area contributed by atoms with Crippen LogP contribution in [0.15, 0.2) is 41.0 Å². The van der Waals surface area contributed by atoms with Gasteiger partial charge in [-0.3, -0.25) is 0 Å². The fourth-order valence-corrected chi connectivity index (χ4v) is 6.89. The third-order valence-corrected chi connectivity index (χ3v) is 8.71. The quantitative estimate of drug-likeness (QED) is 0.485. The van der Waals surface area contributed by atoms with Gasteiger partial charge in [-0.2, -0.15) is 0 Å². The zero-order valence-corrected chi connectivity index (χ0v) is 15.3. The second kappa shape index (κ2) is 5.43. The van der Waals surface area contributed by atoms with Crippen molar-refractivity contribution in [1.82, 2.24) is 0 Å². The SMILES string of the molecule is CC1=[C]2CC=C1C(C)(C)C1=CC[C](=C1C)[Zr+2]2.[Cl-].[Cl-]. The van der Waals surface area contributed by atoms with E-state index >= 15 is 0 Å². The zero-order chi connectivity index (χ0) is 11.5. The predicted molar refractivity (Wildman–Crippen MR) is 64.6 cm³/mol. The van der Waals surface area contributed by atoms with Crippen molar-refractivity contribution >= 4 is 0 Å². The average Bonchev–Trinajstić information content (AvgIpc) is 2.75. The fourth-order valence-electron chi connectivity index (χ4n) is 3.41. The summed E-state index contributed by atoms with van der Waals surface area (Å²) in [6, 6.07) is 0. The molecule has 0 atom stereocenters. The van der Waals surface area contributed by atoms with Crippen molar-refractivity contribution in [2.24, 2.45) is 5.41 Å². The fraction of sp³-hybridized carbons (Fsp3) is 0.467. The van der Waals surface area contributed by atoms with Crippen molar-refractivity contribution < 1.29 is 48.0 Å². The Morgan fingerprint density at radius 3 is 1.67 bits per heavy atom. The second-order valence-electron chi connectivity index (χ2n) is 5.60. The van der Waals surface area contributed by atoms with Crippen molar-refractivity contribution in [2.45, 2.75) is 40.5 Å². The summed E-state index contributed by atoms with van der Waals surface area (Å²) in [5, 5.41) is 0. The number of hydrogen-bond donors (Lipinski definition) is 0. The van der Waals surface area contributed by atoms with Crippen LogP contribution in [0.2, 0.25) is 0 Å². The summed E-state index contributed by atoms with van der Waals surface area (Å²) in [5.74, 6) is 0. The molecule has 3 aliphatic rings. The molecule has 0 N–H and O–H groups in total. The van der Waals surface area contributed by atoms with Crippen LogP contribution in [-0.4, -0.2) is 0 Å². The summed E-state index contributed by atoms with van der Waals surface area (Å²) in [5.41, 5.74) is 6.78. The van der Waals surface area contributed by atoms with Gasteiger partial charge >= 0.3 is 110 Å². The number of hydrogen-bond acceptors (Lipinski definition) is 0. The van der Waals surface area contributed by atoms with Gasteiger partial charge < -0.3 is 24.8 Å². The molecule has 1 heterocycles. The maximum Gasteiger partial charge on any atom is -1.00 e. The van der Waals surface area contributed by atoms with Gasteiger partial charge in [-0.25, -0.2) is 0 Å². The van der Waals surface area contributed by atoms with Crippen LogP contribution in [-0.2, 0) is 23.2 Å². The first kappa shape index (κ1) is 16.5. The molecule has 0 amide bonds. The molecule has 0 saturated carbocycles. The van der Waals surface area contributed by atoms with Crippen LogP contribution < -0.4 is 24.8 Å². The molecular formula is C15H18Cl2Zr. The van der Waals surface area contributed by atoms with Gasteiger partial charge in [-0.15, -0.1) is 0 Å². The third kappa shape index (κ3) is 2.17. The summed E-state index contributed by atoms with van der Waals surface area (Å²) in [6.07, 6.45) is 7.53. The van der Waals surface area contributed by atoms with Crippen LogP contribution >= 0.6 is 0 Å². The van der Waals surface area contributed by atoms with E-state index in [-0.39, 0.29) is 30.2 Å². The van der Waals surface area contributed by atoms with Crippen LogP contribution in [0.25, 0.3) is 0 Å². The molecule has 0 aromatic rings. The summed E-state index contributed by atoms with van der Waals surface area (Å²) in [7, 11) is 0. The van der Waals surface area contributed by atoms with E-state index < -0.39 is 23.2 Å². The maximum absolute atomic E-state index is 2.50. The largest absolute Gasteiger partial charge is 1.00 e. The molecule has 0 fully saturated rings. The Balaban J connectivity index is 0.000000810. The second-order valence-corrected chi connectivity index (χ2v) is 9.18. The molecular weight excluding hydrogens is 342 g/mol. The molecule has 96 valence electrons. The van der Waals surface area contributed by atoms with Crippen molar-refractivity contribution in [1.29, 1.82) is 0 Å². The van der Waals surface area contributed by atoms with Gasteiger partial charge in [0.2, 0.25) is 0 Å². The Labute approximate surface area is 134 Å². The Kier molecular flexibility index (Phi) is 4.97. The monoisotopic (exact) mass is 358 g/mol. The third-order valence-electron chi connectivity index (χ3n) is 4.38. The molecule has 0 aromatic carbocycles. The van der Waals surface area contributed by atoms with Crippen LogP contribution in [0, 0.1) is 5.41 Å². The van der Waals surface area contributed by atoms with E-state index in [1.54, 1.807) is 22.3 Å². The molecule has 3 rings (SSSR count). The van der Waals surface area contributed by atoms with E-state index in [1.165, 1.54) is 12.8 Å². The topological polar surface area (TPSA) is 0 Å². The first-order valence-corrected chi connectivity index (χ1v) is 8.56. The molecule has 0 spiro atoms. The molecule has 0 aromatic heterocycles. The van der Waals surface area contributed by atoms with Crippen LogP contribution in [0.3, 0.4) is 0 Å². The molecule has 0 unspecified atom stereocenters. The summed E-state index contributed by atoms with van der Waals surface area (Å²) < 4.78 is 3.66. The molecule has 0 radical (unpaired) electrons. The van der Waals surface area contributed by atoms with E-state index in [9.17, 15) is 0 Å². The van der Waals surface area contributed by atoms with Gasteiger partial charge in [0.15, 0.2) is 0 Å². The van der Waals surface area contributed by atoms with Crippen LogP contribution in [0.5, 0.6) is 0 Å². The standard InChI is InChI=1S/C15H18.2ClH.Zr/c1-11-7-5-9-13(11)15(3,4)14-10-6-8-12(14)2;;;/h9-10H,5-6H2,1-4H3;2*1H;/q;;;+2/p-2. The molecule has 0 nitrogen and oxygen atoms in total. The van der Waals surface area contributed by atoms with Crippen molar-refractivity contribution in [3.05, 3.63) is 41.0 Å². The van der Waals surface area contributed by atoms with Gasteiger partial charge in [0, 0.05) is 0 Å². The number of fused-ring (bicyclic) bond motifs is 2. The summed E-state index contributed by atoms with van der Waals surface area (Å²) in [6.45, 7) is 9.52. The molecule has 1 aliphatic heterocycles. The molecule has 2 aliphatic carbocycles. The average molecular weight is 360 g/mol. The van der Waals surface area contributed by atoms with Gasteiger partial charge in [-0.05, 0) is 0 Å². The maximum atomic E-state index is 2.50. The Morgan fingerprint density at radius 1 is 0.889 bits per heavy atom. The minimum absolute atomic E-state index is 0. The predicted octanol–water partition coefficient (Wildman–Crippen LogP) is -1.68. The first-order valence-electron chi connectivity index (χ1n) is 6.10. The van der Waals surface area contributed by atoms with Gasteiger partial charge in [0.1, 0.15) is 0 Å². The number of allylic oxidation sites excluding steroid dienone is 8. The van der Waals surface area contributed by atoms with E-state index in [1.807, 2.05) is 6.56 Å². The van der Waals surface area contributed by atoms with Crippen LogP contribution in [0.1, 0.15) is 40.5 Å². The van der Waals surface area contributed by atoms with E-state index in [0.717, 1.165) is 0 Å². The van der Waals surface area contributed by atoms with Gasteiger partial charge in [-0.1, -0.05) is 0 Å². The Morgan fingerprint density at radius 2 is 1.28 bits per heavy atom. The normalized spacial score (nSPS) is 22.9. The van der Waals surface area contributed by atoms with Crippen LogP contribution in [0.4, 0.5) is 0 Å². The zero-order valence-electron chi connectivity index (χ0n) is 11.3. The minimum Gasteiger partial charge on any atom is -1.00 e. The molecule has 18 heavy (non-hydrogen) atoms. The Bertz CT molecular complexity index is 461. The van der Waals surface area contributed by atoms with Crippen molar-refractivity contribution in [3.63, 3.8) is 0 Å². The molecule has 3 heteroatoms. The smallest absolute Gasteiger partial charge is 1.00 e. The van der Waals surface area contributed by atoms with E-state index in [2.05, 4.69) is 39.8 Å². The first-order chi connectivity index (χ1) is 7.51. The molecule has 4 bridgehead atoms. The van der Waals surface area contributed by atoms with Crippen molar-refractivity contribution in [3.8, 4) is 0 Å². The summed E-state index contributed by atoms with van der Waals surface area (Å²) in [4.78, 5) is 0. The van der Waals surface area contributed by atoms with E-state index in [4.69, 9.17) is 0 Å². The van der Waals surface area contributed by atoms with Gasteiger partial charge in [0.05, 0.1) is 0 Å². The minimum atomic E-state index is -0.426.